The average molecular weight is 799 g/mol. The maximum Gasteiger partial charge on any atom is 0.494 e. The van der Waals surface area contributed by atoms with Crippen molar-refractivity contribution in [1.29, 1.82) is 0 Å². The summed E-state index contributed by atoms with van der Waals surface area (Å²) >= 11 is 0. The molecule has 3 aliphatic heterocycles. The number of benzene rings is 3. The van der Waals surface area contributed by atoms with Gasteiger partial charge in [0.1, 0.15) is 0 Å². The minimum atomic E-state index is -0.422. The molecule has 0 radical (unpaired) electrons. The smallest absolute Gasteiger partial charge is 0.399 e. The van der Waals surface area contributed by atoms with E-state index in [9.17, 15) is 9.59 Å². The van der Waals surface area contributed by atoms with Crippen LogP contribution in [-0.2, 0) is 38.9 Å². The Morgan fingerprint density at radius 1 is 0.644 bits per heavy atom. The van der Waals surface area contributed by atoms with Gasteiger partial charge in [0.25, 0.3) is 11.1 Å². The number of aryl methyl sites for hydroxylation is 3. The van der Waals surface area contributed by atoms with E-state index in [1.807, 2.05) is 71.2 Å². The molecule has 3 saturated heterocycles. The molecule has 0 bridgehead atoms. The molecule has 59 heavy (non-hydrogen) atoms. The van der Waals surface area contributed by atoms with Crippen molar-refractivity contribution in [2.75, 3.05) is 62.4 Å². The summed E-state index contributed by atoms with van der Waals surface area (Å²) in [6.45, 7) is 19.4. The lowest BCUT2D eigenvalue weighted by Crippen LogP contribution is -2.41. The second-order valence-electron chi connectivity index (χ2n) is 16.4. The van der Waals surface area contributed by atoms with Gasteiger partial charge in [-0.1, -0.05) is 48.5 Å². The Balaban J connectivity index is 0.000000165. The van der Waals surface area contributed by atoms with Crippen LogP contribution in [0.3, 0.4) is 0 Å². The summed E-state index contributed by atoms with van der Waals surface area (Å²) in [6, 6.07) is 26.4. The summed E-state index contributed by atoms with van der Waals surface area (Å²) in [5, 5.41) is 6.68. The van der Waals surface area contributed by atoms with E-state index < -0.39 is 7.12 Å². The molecule has 3 aliphatic rings. The number of pyridine rings is 2. The first kappa shape index (κ1) is 40.6. The van der Waals surface area contributed by atoms with Gasteiger partial charge in [0.15, 0.2) is 0 Å². The third-order valence-corrected chi connectivity index (χ3v) is 12.4. The highest BCUT2D eigenvalue weighted by molar-refractivity contribution is 6.62. The highest BCUT2D eigenvalue weighted by Crippen LogP contribution is 2.38. The molecule has 308 valence electrons. The molecule has 0 amide bonds. The molecule has 6 aromatic rings. The Morgan fingerprint density at radius 3 is 1.68 bits per heavy atom. The van der Waals surface area contributed by atoms with E-state index in [0.717, 1.165) is 87.2 Å². The summed E-state index contributed by atoms with van der Waals surface area (Å²) < 4.78 is 29.1. The number of morpholine rings is 2. The third-order valence-electron chi connectivity index (χ3n) is 12.4. The molecule has 3 fully saturated rings. The first-order valence-electron chi connectivity index (χ1n) is 20.8. The lowest BCUT2D eigenvalue weighted by Gasteiger charge is -2.32. The largest absolute Gasteiger partial charge is 0.494 e. The molecule has 3 aromatic carbocycles. The minimum Gasteiger partial charge on any atom is -0.399 e. The molecule has 9 rings (SSSR count). The molecule has 13 heteroatoms. The summed E-state index contributed by atoms with van der Waals surface area (Å²) in [5.41, 5.74) is 8.50. The fourth-order valence-electron chi connectivity index (χ4n) is 8.42. The van der Waals surface area contributed by atoms with Crippen molar-refractivity contribution in [3.8, 4) is 22.4 Å². The molecule has 0 spiro atoms. The molecular weight excluding hydrogens is 743 g/mol. The zero-order chi connectivity index (χ0) is 41.5. The van der Waals surface area contributed by atoms with Crippen molar-refractivity contribution in [2.45, 2.75) is 65.8 Å². The molecular formula is C46H55BN6O6. The van der Waals surface area contributed by atoms with Crippen molar-refractivity contribution in [2.24, 2.45) is 7.05 Å². The molecule has 0 N–H and O–H groups in total. The van der Waals surface area contributed by atoms with E-state index in [-0.39, 0.29) is 22.3 Å². The lowest BCUT2D eigenvalue weighted by molar-refractivity contribution is 0.00578. The van der Waals surface area contributed by atoms with Crippen LogP contribution < -0.4 is 26.4 Å². The van der Waals surface area contributed by atoms with E-state index in [1.165, 1.54) is 0 Å². The van der Waals surface area contributed by atoms with Gasteiger partial charge in [0, 0.05) is 80.3 Å². The average Bonchev–Trinajstić information content (AvgIpc) is 3.74. The van der Waals surface area contributed by atoms with Crippen molar-refractivity contribution in [1.82, 2.24) is 18.9 Å². The van der Waals surface area contributed by atoms with Gasteiger partial charge in [-0.25, -0.2) is 0 Å². The summed E-state index contributed by atoms with van der Waals surface area (Å²) in [6.07, 6.45) is 1.92. The second kappa shape index (κ2) is 16.4. The number of anilines is 2. The van der Waals surface area contributed by atoms with E-state index >= 15 is 0 Å². The highest BCUT2D eigenvalue weighted by Gasteiger charge is 2.51. The van der Waals surface area contributed by atoms with Gasteiger partial charge in [-0.3, -0.25) is 14.3 Å². The monoisotopic (exact) mass is 798 g/mol. The van der Waals surface area contributed by atoms with Crippen LogP contribution in [-0.4, -0.2) is 89.8 Å². The van der Waals surface area contributed by atoms with Crippen LogP contribution in [0.4, 0.5) is 11.4 Å². The zero-order valence-corrected chi connectivity index (χ0v) is 35.4. The van der Waals surface area contributed by atoms with E-state index in [2.05, 4.69) is 79.0 Å². The normalized spacial score (nSPS) is 17.7. The number of nitrogens with zero attached hydrogens (tertiary/aromatic N) is 6. The third kappa shape index (κ3) is 7.72. The first-order valence-corrected chi connectivity index (χ1v) is 20.8. The Labute approximate surface area is 346 Å². The molecule has 3 aromatic heterocycles. The fraction of sp³-hybridized carbons (Fsp3) is 0.413. The molecule has 6 heterocycles. The molecule has 0 unspecified atom stereocenters. The number of ether oxygens (including phenoxy) is 2. The number of aromatic nitrogens is 4. The Bertz CT molecular complexity index is 2570. The van der Waals surface area contributed by atoms with Gasteiger partial charge in [-0.05, 0) is 70.8 Å². The van der Waals surface area contributed by atoms with Crippen LogP contribution >= 0.6 is 0 Å². The van der Waals surface area contributed by atoms with Gasteiger partial charge in [0.2, 0.25) is 0 Å². The zero-order valence-electron chi connectivity index (χ0n) is 35.4. The van der Waals surface area contributed by atoms with Gasteiger partial charge in [-0.2, -0.15) is 5.10 Å². The Morgan fingerprint density at radius 2 is 1.15 bits per heavy atom. The second-order valence-corrected chi connectivity index (χ2v) is 16.4. The maximum atomic E-state index is 12.8. The molecule has 0 aliphatic carbocycles. The van der Waals surface area contributed by atoms with Gasteiger partial charge >= 0.3 is 7.12 Å². The van der Waals surface area contributed by atoms with Gasteiger partial charge < -0.3 is 37.7 Å². The number of hydrogen-bond donors (Lipinski definition) is 0. The fourth-order valence-corrected chi connectivity index (χ4v) is 8.42. The standard InChI is InChI=1S/C25H26N4O2.C21H29BN2O4/c1-3-29-22-10-9-19(21-17-26-27(2)25(21)18-7-5-4-6-8-18)15-20(22)23(16-24(29)30)28-11-13-31-14-12-28;1-6-24-17-8-7-15(22-27-20(2,3)21(4,5)28-22)13-16(17)18(14-19(24)25)23-9-11-26-12-10-23/h4-10,15-17H,3,11-14H2,1-2H3;7-8,13-14H,6,9-12H2,1-5H3. The van der Waals surface area contributed by atoms with Crippen LogP contribution in [0.5, 0.6) is 0 Å². The molecule has 0 saturated carbocycles. The number of rotatable bonds is 7. The van der Waals surface area contributed by atoms with Crippen molar-refractivity contribution in [3.63, 3.8) is 0 Å². The topological polar surface area (TPSA) is 105 Å². The van der Waals surface area contributed by atoms with E-state index in [0.29, 0.717) is 39.5 Å². The van der Waals surface area contributed by atoms with Crippen LogP contribution in [0.25, 0.3) is 44.2 Å². The quantitative estimate of drug-likeness (QED) is 0.178. The maximum absolute atomic E-state index is 12.8. The predicted octanol–water partition coefficient (Wildman–Crippen LogP) is 6.08. The SMILES string of the molecule is CCn1c(=O)cc(N2CCOCC2)c2cc(-c3cnn(C)c3-c3ccccc3)ccc21.CCn1c(=O)cc(N2CCOCC2)c2cc(B3OC(C)(C)C(C)(C)O3)ccc21. The van der Waals surface area contributed by atoms with Crippen LogP contribution in [0, 0.1) is 0 Å². The number of hydrogen-bond acceptors (Lipinski definition) is 9. The Hall–Kier alpha value is -5.21. The summed E-state index contributed by atoms with van der Waals surface area (Å²) in [4.78, 5) is 30.0. The van der Waals surface area contributed by atoms with E-state index in [4.69, 9.17) is 18.8 Å². The molecule has 12 nitrogen and oxygen atoms in total. The predicted molar refractivity (Wildman–Crippen MR) is 237 cm³/mol. The van der Waals surface area contributed by atoms with Crippen molar-refractivity contribution >= 4 is 45.8 Å². The first-order chi connectivity index (χ1) is 28.4. The van der Waals surface area contributed by atoms with Crippen LogP contribution in [0.1, 0.15) is 41.5 Å². The summed E-state index contributed by atoms with van der Waals surface area (Å²) in [5.74, 6) is 0. The summed E-state index contributed by atoms with van der Waals surface area (Å²) in [7, 11) is 1.55. The van der Waals surface area contributed by atoms with Crippen LogP contribution in [0.2, 0.25) is 0 Å². The lowest BCUT2D eigenvalue weighted by atomic mass is 9.78. The highest BCUT2D eigenvalue weighted by atomic mass is 16.7. The molecule has 0 atom stereocenters. The van der Waals surface area contributed by atoms with Gasteiger partial charge in [0.05, 0.1) is 71.9 Å². The number of fused-ring (bicyclic) bond motifs is 2. The van der Waals surface area contributed by atoms with Crippen LogP contribution in [0.15, 0.2) is 94.6 Å². The van der Waals surface area contributed by atoms with Crippen molar-refractivity contribution < 1.29 is 18.8 Å². The Kier molecular flexibility index (Phi) is 11.3. The van der Waals surface area contributed by atoms with Gasteiger partial charge in [-0.15, -0.1) is 0 Å². The van der Waals surface area contributed by atoms with Crippen molar-refractivity contribution in [3.05, 3.63) is 106 Å². The van der Waals surface area contributed by atoms with E-state index in [1.54, 1.807) is 12.1 Å². The minimum absolute atomic E-state index is 0.0277.